The Morgan fingerprint density at radius 1 is 1.43 bits per heavy atom. The molecule has 2 heterocycles. The number of fused-ring (bicyclic) bond motifs is 1. The molecule has 0 radical (unpaired) electrons. The second-order valence-electron chi connectivity index (χ2n) is 4.79. The molecule has 0 fully saturated rings. The SMILES string of the molecule is CCOC(=O)[C@H](Sc1nnc2[nH]c(=O)c(C)nn12)C(C)C. The fourth-order valence-corrected chi connectivity index (χ4v) is 2.67. The largest absolute Gasteiger partial charge is 0.465 e. The summed E-state index contributed by atoms with van der Waals surface area (Å²) in [7, 11) is 0. The molecule has 0 unspecified atom stereocenters. The molecule has 0 aliphatic heterocycles. The van der Waals surface area contributed by atoms with Crippen molar-refractivity contribution in [3.05, 3.63) is 16.0 Å². The van der Waals surface area contributed by atoms with Gasteiger partial charge in [0.25, 0.3) is 11.3 Å². The molecule has 9 heteroatoms. The van der Waals surface area contributed by atoms with Gasteiger partial charge < -0.3 is 4.74 Å². The lowest BCUT2D eigenvalue weighted by Crippen LogP contribution is -2.26. The predicted molar refractivity (Wildman–Crippen MR) is 77.3 cm³/mol. The Labute approximate surface area is 125 Å². The molecule has 21 heavy (non-hydrogen) atoms. The van der Waals surface area contributed by atoms with Gasteiger partial charge in [-0.3, -0.25) is 14.6 Å². The molecule has 114 valence electrons. The summed E-state index contributed by atoms with van der Waals surface area (Å²) in [5, 5.41) is 12.0. The zero-order valence-electron chi connectivity index (χ0n) is 12.3. The number of ether oxygens (including phenoxy) is 1. The first-order valence-electron chi connectivity index (χ1n) is 6.59. The third-order valence-electron chi connectivity index (χ3n) is 2.77. The number of H-pyrrole nitrogens is 1. The van der Waals surface area contributed by atoms with Crippen LogP contribution in [0.15, 0.2) is 9.95 Å². The van der Waals surface area contributed by atoms with Crippen LogP contribution in [0.4, 0.5) is 0 Å². The third-order valence-corrected chi connectivity index (χ3v) is 4.23. The molecule has 8 nitrogen and oxygen atoms in total. The van der Waals surface area contributed by atoms with Crippen molar-refractivity contribution in [3.8, 4) is 0 Å². The minimum Gasteiger partial charge on any atom is -0.465 e. The van der Waals surface area contributed by atoms with Crippen molar-refractivity contribution in [3.63, 3.8) is 0 Å². The van der Waals surface area contributed by atoms with Gasteiger partial charge in [-0.15, -0.1) is 10.2 Å². The highest BCUT2D eigenvalue weighted by Gasteiger charge is 2.27. The summed E-state index contributed by atoms with van der Waals surface area (Å²) in [6.45, 7) is 7.55. The molecule has 2 rings (SSSR count). The van der Waals surface area contributed by atoms with E-state index < -0.39 is 5.25 Å². The highest BCUT2D eigenvalue weighted by molar-refractivity contribution is 8.00. The number of aromatic nitrogens is 5. The number of rotatable bonds is 5. The topological polar surface area (TPSA) is 102 Å². The van der Waals surface area contributed by atoms with Gasteiger partial charge in [0.1, 0.15) is 10.9 Å². The fraction of sp³-hybridized carbons (Fsp3) is 0.583. The number of thioether (sulfide) groups is 1. The standard InChI is InChI=1S/C12H17N5O3S/c1-5-20-10(19)8(6(2)3)21-12-15-14-11-13-9(18)7(4)16-17(11)12/h6,8H,5H2,1-4H3,(H,13,14,18)/t8-/m1/s1. The number of nitrogens with zero attached hydrogens (tertiary/aromatic N) is 4. The van der Waals surface area contributed by atoms with E-state index in [9.17, 15) is 9.59 Å². The van der Waals surface area contributed by atoms with E-state index in [1.807, 2.05) is 13.8 Å². The van der Waals surface area contributed by atoms with Crippen LogP contribution in [0.1, 0.15) is 26.5 Å². The Hall–Kier alpha value is -1.90. The molecule has 0 saturated heterocycles. The number of hydrogen-bond acceptors (Lipinski definition) is 7. The Balaban J connectivity index is 2.35. The Bertz CT molecular complexity index is 708. The van der Waals surface area contributed by atoms with Gasteiger partial charge in [0.2, 0.25) is 5.16 Å². The van der Waals surface area contributed by atoms with E-state index >= 15 is 0 Å². The molecule has 2 aromatic rings. The highest BCUT2D eigenvalue weighted by atomic mass is 32.2. The number of aromatic amines is 1. The third kappa shape index (κ3) is 3.23. The fourth-order valence-electron chi connectivity index (χ4n) is 1.69. The Morgan fingerprint density at radius 2 is 2.14 bits per heavy atom. The van der Waals surface area contributed by atoms with Gasteiger partial charge in [0.05, 0.1) is 6.61 Å². The van der Waals surface area contributed by atoms with Crippen LogP contribution in [0.5, 0.6) is 0 Å². The van der Waals surface area contributed by atoms with Crippen molar-refractivity contribution in [2.24, 2.45) is 5.92 Å². The molecule has 0 aromatic carbocycles. The normalized spacial score (nSPS) is 12.8. The molecule has 0 aliphatic carbocycles. The van der Waals surface area contributed by atoms with Crippen molar-refractivity contribution >= 4 is 23.5 Å². The van der Waals surface area contributed by atoms with Crippen molar-refractivity contribution in [1.29, 1.82) is 0 Å². The van der Waals surface area contributed by atoms with Crippen molar-refractivity contribution < 1.29 is 9.53 Å². The predicted octanol–water partition coefficient (Wildman–Crippen LogP) is 0.801. The Kier molecular flexibility index (Phi) is 4.61. The zero-order valence-corrected chi connectivity index (χ0v) is 13.1. The number of nitrogens with one attached hydrogen (secondary N) is 1. The van der Waals surface area contributed by atoms with E-state index in [0.29, 0.717) is 17.5 Å². The summed E-state index contributed by atoms with van der Waals surface area (Å²) in [6.07, 6.45) is 0. The molecule has 2 aromatic heterocycles. The lowest BCUT2D eigenvalue weighted by Gasteiger charge is -2.17. The summed E-state index contributed by atoms with van der Waals surface area (Å²) < 4.78 is 6.50. The lowest BCUT2D eigenvalue weighted by atomic mass is 10.1. The zero-order chi connectivity index (χ0) is 15.6. The summed E-state index contributed by atoms with van der Waals surface area (Å²) >= 11 is 1.23. The van der Waals surface area contributed by atoms with E-state index in [1.54, 1.807) is 13.8 Å². The van der Waals surface area contributed by atoms with Crippen LogP contribution in [0.3, 0.4) is 0 Å². The molecule has 0 aliphatic rings. The minimum atomic E-state index is -0.411. The number of esters is 1. The van der Waals surface area contributed by atoms with Crippen LogP contribution in [0.25, 0.3) is 5.78 Å². The summed E-state index contributed by atoms with van der Waals surface area (Å²) in [5.41, 5.74) is -0.00126. The molecule has 0 saturated carbocycles. The van der Waals surface area contributed by atoms with Gasteiger partial charge in [0.15, 0.2) is 0 Å². The highest BCUT2D eigenvalue weighted by Crippen LogP contribution is 2.27. The van der Waals surface area contributed by atoms with E-state index in [0.717, 1.165) is 0 Å². The number of hydrogen-bond donors (Lipinski definition) is 1. The van der Waals surface area contributed by atoms with Gasteiger partial charge in [-0.2, -0.15) is 9.61 Å². The van der Waals surface area contributed by atoms with Crippen LogP contribution < -0.4 is 5.56 Å². The first-order chi connectivity index (χ1) is 9.93. The van der Waals surface area contributed by atoms with Crippen LogP contribution in [0.2, 0.25) is 0 Å². The van der Waals surface area contributed by atoms with Crippen LogP contribution in [0, 0.1) is 12.8 Å². The maximum absolute atomic E-state index is 12.0. The molecular weight excluding hydrogens is 294 g/mol. The maximum Gasteiger partial charge on any atom is 0.319 e. The number of carbonyl (C=O) groups is 1. The van der Waals surface area contributed by atoms with Crippen molar-refractivity contribution in [2.45, 2.75) is 38.1 Å². The van der Waals surface area contributed by atoms with Gasteiger partial charge in [-0.1, -0.05) is 25.6 Å². The maximum atomic E-state index is 12.0. The molecule has 0 bridgehead atoms. The lowest BCUT2D eigenvalue weighted by molar-refractivity contribution is -0.143. The van der Waals surface area contributed by atoms with Crippen molar-refractivity contribution in [1.82, 2.24) is 24.8 Å². The van der Waals surface area contributed by atoms with E-state index in [4.69, 9.17) is 4.74 Å². The molecule has 0 spiro atoms. The first-order valence-corrected chi connectivity index (χ1v) is 7.47. The second-order valence-corrected chi connectivity index (χ2v) is 5.90. The number of aryl methyl sites for hydroxylation is 1. The van der Waals surface area contributed by atoms with Gasteiger partial charge in [0, 0.05) is 0 Å². The average Bonchev–Trinajstić information content (AvgIpc) is 2.78. The summed E-state index contributed by atoms with van der Waals surface area (Å²) in [6, 6.07) is 0. The first kappa shape index (κ1) is 15.5. The minimum absolute atomic E-state index is 0.0604. The number of carbonyl (C=O) groups excluding carboxylic acids is 1. The van der Waals surface area contributed by atoms with Crippen LogP contribution in [-0.4, -0.2) is 42.6 Å². The summed E-state index contributed by atoms with van der Waals surface area (Å²) in [4.78, 5) is 26.1. The molecule has 1 N–H and O–H groups in total. The van der Waals surface area contributed by atoms with Crippen LogP contribution >= 0.6 is 11.8 Å². The molecule has 0 amide bonds. The smallest absolute Gasteiger partial charge is 0.319 e. The van der Waals surface area contributed by atoms with Gasteiger partial charge in [-0.05, 0) is 19.8 Å². The molecule has 1 atom stereocenters. The van der Waals surface area contributed by atoms with E-state index in [1.165, 1.54) is 16.3 Å². The average molecular weight is 311 g/mol. The van der Waals surface area contributed by atoms with Gasteiger partial charge >= 0.3 is 5.97 Å². The van der Waals surface area contributed by atoms with Gasteiger partial charge in [-0.25, -0.2) is 0 Å². The van der Waals surface area contributed by atoms with E-state index in [-0.39, 0.29) is 23.2 Å². The Morgan fingerprint density at radius 3 is 2.76 bits per heavy atom. The quantitative estimate of drug-likeness (QED) is 0.643. The monoisotopic (exact) mass is 311 g/mol. The van der Waals surface area contributed by atoms with Crippen molar-refractivity contribution in [2.75, 3.05) is 6.61 Å². The molecular formula is C12H17N5O3S. The summed E-state index contributed by atoms with van der Waals surface area (Å²) in [5.74, 6) is 0.0140. The second kappa shape index (κ2) is 6.25. The van der Waals surface area contributed by atoms with Crippen LogP contribution in [-0.2, 0) is 9.53 Å². The van der Waals surface area contributed by atoms with E-state index in [2.05, 4.69) is 20.3 Å².